The van der Waals surface area contributed by atoms with Crippen molar-refractivity contribution in [2.45, 2.75) is 19.8 Å². The van der Waals surface area contributed by atoms with Gasteiger partial charge in [-0.15, -0.1) is 0 Å². The fourth-order valence-corrected chi connectivity index (χ4v) is 2.67. The van der Waals surface area contributed by atoms with Gasteiger partial charge in [-0.3, -0.25) is 4.79 Å². The number of para-hydroxylation sites is 1. The molecule has 0 aromatic heterocycles. The van der Waals surface area contributed by atoms with Crippen LogP contribution in [0, 0.1) is 5.92 Å². The maximum absolute atomic E-state index is 12.5. The Balaban J connectivity index is 1.99. The Morgan fingerprint density at radius 1 is 1.35 bits per heavy atom. The number of nitrogens with one attached hydrogen (secondary N) is 1. The Morgan fingerprint density at radius 2 is 2.15 bits per heavy atom. The fraction of sp³-hybridized carbons (Fsp3) is 0.562. The van der Waals surface area contributed by atoms with Crippen LogP contribution in [-0.2, 0) is 11.2 Å². The van der Waals surface area contributed by atoms with Crippen LogP contribution in [0.1, 0.15) is 18.9 Å². The molecule has 1 aliphatic rings. The molecule has 1 amide bonds. The monoisotopic (exact) mass is 276 g/mol. The number of nitrogens with zero attached hydrogens (tertiary/aromatic N) is 1. The van der Waals surface area contributed by atoms with E-state index in [1.54, 1.807) is 7.11 Å². The van der Waals surface area contributed by atoms with E-state index in [4.69, 9.17) is 4.74 Å². The molecule has 110 valence electrons. The first-order valence-corrected chi connectivity index (χ1v) is 7.33. The summed E-state index contributed by atoms with van der Waals surface area (Å²) in [5, 5.41) is 3.33. The second kappa shape index (κ2) is 7.29. The molecule has 4 nitrogen and oxygen atoms in total. The van der Waals surface area contributed by atoms with Crippen molar-refractivity contribution in [3.05, 3.63) is 29.8 Å². The summed E-state index contributed by atoms with van der Waals surface area (Å²) < 4.78 is 5.36. The van der Waals surface area contributed by atoms with Gasteiger partial charge in [-0.25, -0.2) is 0 Å². The molecular weight excluding hydrogens is 252 g/mol. The minimum absolute atomic E-state index is 0.00981. The van der Waals surface area contributed by atoms with Crippen LogP contribution in [0.4, 0.5) is 0 Å². The quantitative estimate of drug-likeness (QED) is 0.910. The van der Waals surface area contributed by atoms with E-state index in [2.05, 4.69) is 5.32 Å². The van der Waals surface area contributed by atoms with Gasteiger partial charge in [-0.1, -0.05) is 25.1 Å². The van der Waals surface area contributed by atoms with Crippen molar-refractivity contribution in [2.24, 2.45) is 5.92 Å². The van der Waals surface area contributed by atoms with Gasteiger partial charge in [0.25, 0.3) is 0 Å². The molecule has 1 atom stereocenters. The number of rotatable bonds is 4. The first-order valence-electron chi connectivity index (χ1n) is 7.33. The van der Waals surface area contributed by atoms with Crippen LogP contribution in [0.3, 0.4) is 0 Å². The van der Waals surface area contributed by atoms with Crippen LogP contribution in [-0.4, -0.2) is 44.1 Å². The zero-order valence-electron chi connectivity index (χ0n) is 12.4. The topological polar surface area (TPSA) is 41.6 Å². The van der Waals surface area contributed by atoms with Crippen molar-refractivity contribution in [1.29, 1.82) is 0 Å². The third-order valence-corrected chi connectivity index (χ3v) is 3.79. The molecule has 4 heteroatoms. The average Bonchev–Trinajstić information content (AvgIpc) is 2.76. The SMILES string of the molecule is COc1ccccc1CC(C)C(=O)N1CCCNCC1. The molecule has 1 fully saturated rings. The molecule has 0 aliphatic carbocycles. The van der Waals surface area contributed by atoms with Gasteiger partial charge < -0.3 is 15.0 Å². The highest BCUT2D eigenvalue weighted by molar-refractivity contribution is 5.79. The lowest BCUT2D eigenvalue weighted by atomic mass is 9.99. The zero-order valence-corrected chi connectivity index (χ0v) is 12.4. The lowest BCUT2D eigenvalue weighted by Gasteiger charge is -2.24. The summed E-state index contributed by atoms with van der Waals surface area (Å²) in [6, 6.07) is 7.93. The second-order valence-corrected chi connectivity index (χ2v) is 5.35. The molecule has 0 spiro atoms. The van der Waals surface area contributed by atoms with Crippen molar-refractivity contribution in [1.82, 2.24) is 10.2 Å². The fourth-order valence-electron chi connectivity index (χ4n) is 2.67. The van der Waals surface area contributed by atoms with E-state index in [-0.39, 0.29) is 11.8 Å². The number of benzene rings is 1. The van der Waals surface area contributed by atoms with E-state index in [0.717, 1.165) is 50.3 Å². The highest BCUT2D eigenvalue weighted by atomic mass is 16.5. The summed E-state index contributed by atoms with van der Waals surface area (Å²) in [6.45, 7) is 5.59. The lowest BCUT2D eigenvalue weighted by molar-refractivity contribution is -0.134. The van der Waals surface area contributed by atoms with Crippen molar-refractivity contribution in [3.63, 3.8) is 0 Å². The summed E-state index contributed by atoms with van der Waals surface area (Å²) >= 11 is 0. The number of carbonyl (C=O) groups is 1. The standard InChI is InChI=1S/C16H24N2O2/c1-13(12-14-6-3-4-7-15(14)20-2)16(19)18-10-5-8-17-9-11-18/h3-4,6-7,13,17H,5,8-12H2,1-2H3. The van der Waals surface area contributed by atoms with E-state index < -0.39 is 0 Å². The molecule has 1 aromatic carbocycles. The molecule has 2 rings (SSSR count). The van der Waals surface area contributed by atoms with Gasteiger partial charge in [0.1, 0.15) is 5.75 Å². The normalized spacial score (nSPS) is 17.4. The highest BCUT2D eigenvalue weighted by Crippen LogP contribution is 2.21. The van der Waals surface area contributed by atoms with Gasteiger partial charge >= 0.3 is 0 Å². The summed E-state index contributed by atoms with van der Waals surface area (Å²) in [5.74, 6) is 1.11. The molecule has 0 radical (unpaired) electrons. The Hall–Kier alpha value is -1.55. The summed E-state index contributed by atoms with van der Waals surface area (Å²) in [4.78, 5) is 14.5. The summed E-state index contributed by atoms with van der Waals surface area (Å²) in [5.41, 5.74) is 1.10. The van der Waals surface area contributed by atoms with Crippen LogP contribution in [0.2, 0.25) is 0 Å². The maximum atomic E-state index is 12.5. The minimum atomic E-state index is -0.00981. The van der Waals surface area contributed by atoms with Crippen LogP contribution in [0.25, 0.3) is 0 Å². The molecule has 0 bridgehead atoms. The number of ether oxygens (including phenoxy) is 1. The Kier molecular flexibility index (Phi) is 5.41. The van der Waals surface area contributed by atoms with Crippen molar-refractivity contribution >= 4 is 5.91 Å². The molecule has 20 heavy (non-hydrogen) atoms. The molecule has 1 aromatic rings. The third kappa shape index (κ3) is 3.73. The average molecular weight is 276 g/mol. The number of hydrogen-bond donors (Lipinski definition) is 1. The van der Waals surface area contributed by atoms with E-state index in [0.29, 0.717) is 0 Å². The van der Waals surface area contributed by atoms with Gasteiger partial charge in [-0.2, -0.15) is 0 Å². The molecule has 1 N–H and O–H groups in total. The Labute approximate surface area is 121 Å². The smallest absolute Gasteiger partial charge is 0.225 e. The number of carbonyl (C=O) groups excluding carboxylic acids is 1. The molecule has 1 heterocycles. The van der Waals surface area contributed by atoms with Crippen molar-refractivity contribution in [2.75, 3.05) is 33.3 Å². The van der Waals surface area contributed by atoms with Crippen LogP contribution in [0.15, 0.2) is 24.3 Å². The van der Waals surface area contributed by atoms with Gasteiger partial charge in [0, 0.05) is 25.6 Å². The zero-order chi connectivity index (χ0) is 14.4. The molecular formula is C16H24N2O2. The number of methoxy groups -OCH3 is 1. The Morgan fingerprint density at radius 3 is 2.95 bits per heavy atom. The van der Waals surface area contributed by atoms with Gasteiger partial charge in [0.15, 0.2) is 0 Å². The van der Waals surface area contributed by atoms with Crippen LogP contribution in [0.5, 0.6) is 5.75 Å². The van der Waals surface area contributed by atoms with Crippen molar-refractivity contribution in [3.8, 4) is 5.75 Å². The van der Waals surface area contributed by atoms with E-state index in [1.807, 2.05) is 36.1 Å². The summed E-state index contributed by atoms with van der Waals surface area (Å²) in [7, 11) is 1.67. The predicted molar refractivity (Wildman–Crippen MR) is 79.9 cm³/mol. The molecule has 1 saturated heterocycles. The minimum Gasteiger partial charge on any atom is -0.496 e. The van der Waals surface area contributed by atoms with E-state index >= 15 is 0 Å². The Bertz CT molecular complexity index is 440. The molecule has 1 unspecified atom stereocenters. The number of hydrogen-bond acceptors (Lipinski definition) is 3. The van der Waals surface area contributed by atoms with E-state index in [9.17, 15) is 4.79 Å². The third-order valence-electron chi connectivity index (χ3n) is 3.79. The van der Waals surface area contributed by atoms with Gasteiger partial charge in [0.05, 0.1) is 7.11 Å². The van der Waals surface area contributed by atoms with E-state index in [1.165, 1.54) is 0 Å². The van der Waals surface area contributed by atoms with Crippen LogP contribution < -0.4 is 10.1 Å². The first kappa shape index (κ1) is 14.9. The van der Waals surface area contributed by atoms with Gasteiger partial charge in [0.2, 0.25) is 5.91 Å². The molecule has 1 aliphatic heterocycles. The second-order valence-electron chi connectivity index (χ2n) is 5.35. The van der Waals surface area contributed by atoms with Crippen LogP contribution >= 0.6 is 0 Å². The largest absolute Gasteiger partial charge is 0.496 e. The highest BCUT2D eigenvalue weighted by Gasteiger charge is 2.22. The lowest BCUT2D eigenvalue weighted by Crippen LogP contribution is -2.38. The number of amides is 1. The summed E-state index contributed by atoms with van der Waals surface area (Å²) in [6.07, 6.45) is 1.76. The van der Waals surface area contributed by atoms with Crippen molar-refractivity contribution < 1.29 is 9.53 Å². The first-order chi connectivity index (χ1) is 9.72. The molecule has 0 saturated carbocycles. The maximum Gasteiger partial charge on any atom is 0.225 e. The predicted octanol–water partition coefficient (Wildman–Crippen LogP) is 1.70. The van der Waals surface area contributed by atoms with Gasteiger partial charge in [-0.05, 0) is 31.0 Å².